The van der Waals surface area contributed by atoms with Gasteiger partial charge in [0.15, 0.2) is 0 Å². The SMILES string of the molecule is C=CC(=O)SCC1SC(C)C(C)S1. The first-order valence-corrected chi connectivity index (χ1v) is 7.10. The fourth-order valence-electron chi connectivity index (χ4n) is 1.02. The Hall–Kier alpha value is 0.460. The first-order valence-electron chi connectivity index (χ1n) is 4.23. The lowest BCUT2D eigenvalue weighted by molar-refractivity contribution is -0.107. The molecule has 0 amide bonds. The maximum atomic E-state index is 11.0. The highest BCUT2D eigenvalue weighted by Gasteiger charge is 2.29. The summed E-state index contributed by atoms with van der Waals surface area (Å²) in [6.45, 7) is 7.96. The zero-order valence-corrected chi connectivity index (χ0v) is 10.3. The van der Waals surface area contributed by atoms with E-state index in [-0.39, 0.29) is 5.12 Å². The van der Waals surface area contributed by atoms with Crippen molar-refractivity contribution in [3.8, 4) is 0 Å². The van der Waals surface area contributed by atoms with Crippen LogP contribution in [0.25, 0.3) is 0 Å². The van der Waals surface area contributed by atoms with E-state index in [1.54, 1.807) is 0 Å². The van der Waals surface area contributed by atoms with E-state index in [2.05, 4.69) is 20.4 Å². The summed E-state index contributed by atoms with van der Waals surface area (Å²) in [4.78, 5) is 11.0. The fourth-order valence-corrected chi connectivity index (χ4v) is 5.57. The Morgan fingerprint density at radius 2 is 2.00 bits per heavy atom. The van der Waals surface area contributed by atoms with Gasteiger partial charge in [0.2, 0.25) is 5.12 Å². The minimum atomic E-state index is 0.0911. The van der Waals surface area contributed by atoms with Crippen molar-refractivity contribution >= 4 is 40.4 Å². The summed E-state index contributed by atoms with van der Waals surface area (Å²) >= 11 is 5.34. The van der Waals surface area contributed by atoms with Crippen LogP contribution in [-0.2, 0) is 4.79 Å². The third kappa shape index (κ3) is 3.60. The number of rotatable bonds is 3. The zero-order chi connectivity index (χ0) is 9.84. The molecule has 2 atom stereocenters. The Labute approximate surface area is 92.5 Å². The first-order chi connectivity index (χ1) is 6.13. The van der Waals surface area contributed by atoms with Crippen LogP contribution in [0.4, 0.5) is 0 Å². The first kappa shape index (κ1) is 11.5. The van der Waals surface area contributed by atoms with Gasteiger partial charge in [0.25, 0.3) is 0 Å². The second kappa shape index (κ2) is 5.37. The molecule has 0 saturated carbocycles. The second-order valence-corrected chi connectivity index (χ2v) is 7.44. The molecule has 4 heteroatoms. The molecule has 13 heavy (non-hydrogen) atoms. The smallest absolute Gasteiger partial charge is 0.211 e. The van der Waals surface area contributed by atoms with Crippen LogP contribution in [0.1, 0.15) is 13.8 Å². The van der Waals surface area contributed by atoms with Crippen molar-refractivity contribution in [2.45, 2.75) is 28.9 Å². The highest BCUT2D eigenvalue weighted by atomic mass is 32.2. The van der Waals surface area contributed by atoms with Crippen LogP contribution in [0.2, 0.25) is 0 Å². The molecule has 1 aliphatic heterocycles. The fraction of sp³-hybridized carbons (Fsp3) is 0.667. The van der Waals surface area contributed by atoms with Gasteiger partial charge in [-0.15, -0.1) is 23.5 Å². The van der Waals surface area contributed by atoms with Crippen molar-refractivity contribution in [1.82, 2.24) is 0 Å². The molecule has 1 heterocycles. The lowest BCUT2D eigenvalue weighted by Crippen LogP contribution is -2.04. The zero-order valence-electron chi connectivity index (χ0n) is 7.86. The predicted molar refractivity (Wildman–Crippen MR) is 65.6 cm³/mol. The third-order valence-corrected chi connectivity index (χ3v) is 6.75. The lowest BCUT2D eigenvalue weighted by atomic mass is 10.4. The maximum absolute atomic E-state index is 11.0. The summed E-state index contributed by atoms with van der Waals surface area (Å²) in [5.41, 5.74) is 0. The second-order valence-electron chi connectivity index (χ2n) is 2.95. The average Bonchev–Trinajstić information content (AvgIpc) is 2.42. The van der Waals surface area contributed by atoms with Crippen molar-refractivity contribution in [3.05, 3.63) is 12.7 Å². The van der Waals surface area contributed by atoms with Crippen LogP contribution in [0.3, 0.4) is 0 Å². The van der Waals surface area contributed by atoms with Crippen molar-refractivity contribution < 1.29 is 4.79 Å². The highest BCUT2D eigenvalue weighted by Crippen LogP contribution is 2.44. The molecule has 0 aliphatic carbocycles. The summed E-state index contributed by atoms with van der Waals surface area (Å²) in [5, 5.41) is 1.53. The Bertz CT molecular complexity index is 195. The van der Waals surface area contributed by atoms with Crippen LogP contribution >= 0.6 is 35.3 Å². The molecule has 1 fully saturated rings. The van der Waals surface area contributed by atoms with Crippen LogP contribution in [0.5, 0.6) is 0 Å². The van der Waals surface area contributed by atoms with Gasteiger partial charge in [0, 0.05) is 16.3 Å². The van der Waals surface area contributed by atoms with Crippen molar-refractivity contribution in [3.63, 3.8) is 0 Å². The summed E-state index contributed by atoms with van der Waals surface area (Å²) < 4.78 is 0.582. The number of hydrogen-bond donors (Lipinski definition) is 0. The van der Waals surface area contributed by atoms with Gasteiger partial charge in [-0.2, -0.15) is 0 Å². The number of thioether (sulfide) groups is 3. The molecule has 0 radical (unpaired) electrons. The summed E-state index contributed by atoms with van der Waals surface area (Å²) in [5.74, 6) is 0.912. The van der Waals surface area contributed by atoms with Crippen LogP contribution in [0.15, 0.2) is 12.7 Å². The topological polar surface area (TPSA) is 17.1 Å². The van der Waals surface area contributed by atoms with E-state index in [9.17, 15) is 4.79 Å². The van der Waals surface area contributed by atoms with E-state index in [0.717, 1.165) is 16.3 Å². The molecule has 0 N–H and O–H groups in total. The molecule has 0 bridgehead atoms. The highest BCUT2D eigenvalue weighted by molar-refractivity contribution is 8.23. The van der Waals surface area contributed by atoms with Crippen molar-refractivity contribution in [2.75, 3.05) is 5.75 Å². The molecule has 1 saturated heterocycles. The van der Waals surface area contributed by atoms with Gasteiger partial charge < -0.3 is 0 Å². The molecule has 0 aromatic heterocycles. The predicted octanol–water partition coefficient (Wildman–Crippen LogP) is 3.02. The number of hydrogen-bond acceptors (Lipinski definition) is 4. The van der Waals surface area contributed by atoms with E-state index in [1.807, 2.05) is 23.5 Å². The van der Waals surface area contributed by atoms with Gasteiger partial charge in [-0.25, -0.2) is 0 Å². The Balaban J connectivity index is 2.24. The molecule has 0 spiro atoms. The molecule has 74 valence electrons. The summed E-state index contributed by atoms with van der Waals surface area (Å²) in [7, 11) is 0. The summed E-state index contributed by atoms with van der Waals surface area (Å²) in [6.07, 6.45) is 1.39. The standard InChI is InChI=1S/C9H14OS3/c1-4-8(10)11-5-9-12-6(2)7(3)13-9/h4,6-7,9H,1,5H2,2-3H3. The Morgan fingerprint density at radius 1 is 1.46 bits per heavy atom. The number of carbonyl (C=O) groups excluding carboxylic acids is 1. The van der Waals surface area contributed by atoms with Crippen LogP contribution < -0.4 is 0 Å². The third-order valence-electron chi connectivity index (χ3n) is 1.92. The summed E-state index contributed by atoms with van der Waals surface area (Å²) in [6, 6.07) is 0. The van der Waals surface area contributed by atoms with E-state index >= 15 is 0 Å². The largest absolute Gasteiger partial charge is 0.282 e. The van der Waals surface area contributed by atoms with E-state index < -0.39 is 0 Å². The van der Waals surface area contributed by atoms with Gasteiger partial charge in [0.05, 0.1) is 4.58 Å². The van der Waals surface area contributed by atoms with E-state index in [0.29, 0.717) is 4.58 Å². The molecule has 0 aromatic rings. The molecule has 2 unspecified atom stereocenters. The minimum Gasteiger partial charge on any atom is -0.282 e. The maximum Gasteiger partial charge on any atom is 0.211 e. The van der Waals surface area contributed by atoms with E-state index in [4.69, 9.17) is 0 Å². The number of carbonyl (C=O) groups is 1. The van der Waals surface area contributed by atoms with Crippen LogP contribution in [-0.4, -0.2) is 25.9 Å². The van der Waals surface area contributed by atoms with Gasteiger partial charge in [-0.05, 0) is 6.08 Å². The molecule has 1 rings (SSSR count). The molecule has 1 nitrogen and oxygen atoms in total. The van der Waals surface area contributed by atoms with E-state index in [1.165, 1.54) is 17.8 Å². The molecular weight excluding hydrogens is 220 g/mol. The monoisotopic (exact) mass is 234 g/mol. The molecular formula is C9H14OS3. The average molecular weight is 234 g/mol. The minimum absolute atomic E-state index is 0.0911. The van der Waals surface area contributed by atoms with Crippen molar-refractivity contribution in [1.29, 1.82) is 0 Å². The van der Waals surface area contributed by atoms with Gasteiger partial charge in [-0.3, -0.25) is 4.79 Å². The van der Waals surface area contributed by atoms with Gasteiger partial charge in [0.1, 0.15) is 0 Å². The lowest BCUT2D eigenvalue weighted by Gasteiger charge is -2.05. The molecule has 1 aliphatic rings. The van der Waals surface area contributed by atoms with Gasteiger partial charge >= 0.3 is 0 Å². The van der Waals surface area contributed by atoms with Crippen molar-refractivity contribution in [2.24, 2.45) is 0 Å². The Kier molecular flexibility index (Phi) is 4.76. The van der Waals surface area contributed by atoms with Gasteiger partial charge in [-0.1, -0.05) is 32.2 Å². The quantitative estimate of drug-likeness (QED) is 0.698. The molecule has 0 aromatic carbocycles. The van der Waals surface area contributed by atoms with Crippen LogP contribution in [0, 0.1) is 0 Å². The normalized spacial score (nSPS) is 33.2. The Morgan fingerprint density at radius 3 is 2.46 bits per heavy atom.